The molecule has 0 fully saturated rings. The zero-order valence-corrected chi connectivity index (χ0v) is 10.4. The molecule has 0 aromatic carbocycles. The minimum atomic E-state index is 0.255. The maximum Gasteiger partial charge on any atom is 0.132 e. The Morgan fingerprint density at radius 2 is 2.18 bits per heavy atom. The van der Waals surface area contributed by atoms with Crippen LogP contribution in [0.15, 0.2) is 6.33 Å². The second-order valence-electron chi connectivity index (χ2n) is 4.85. The number of aliphatic hydroxyl groups excluding tert-OH is 1. The lowest BCUT2D eigenvalue weighted by Crippen LogP contribution is -2.17. The van der Waals surface area contributed by atoms with E-state index in [4.69, 9.17) is 5.11 Å². The van der Waals surface area contributed by atoms with Crippen molar-refractivity contribution < 1.29 is 5.11 Å². The number of hydrogen-bond acceptors (Lipinski definition) is 4. The molecule has 4 heteroatoms. The number of rotatable bonds is 5. The Morgan fingerprint density at radius 3 is 3.00 bits per heavy atom. The number of aromatic nitrogens is 2. The quantitative estimate of drug-likeness (QED) is 0.817. The average molecular weight is 235 g/mol. The number of aliphatic hydroxyl groups is 1. The van der Waals surface area contributed by atoms with Crippen LogP contribution in [0, 0.1) is 5.92 Å². The van der Waals surface area contributed by atoms with Crippen LogP contribution in [0.25, 0.3) is 0 Å². The van der Waals surface area contributed by atoms with Crippen LogP contribution in [0.2, 0.25) is 0 Å². The van der Waals surface area contributed by atoms with E-state index in [1.165, 1.54) is 24.1 Å². The molecule has 1 aliphatic rings. The van der Waals surface area contributed by atoms with Gasteiger partial charge in [-0.1, -0.05) is 6.92 Å². The Bertz CT molecular complexity index is 368. The number of nitrogens with zero attached hydrogens (tertiary/aromatic N) is 2. The van der Waals surface area contributed by atoms with Crippen LogP contribution in [-0.2, 0) is 12.8 Å². The minimum Gasteiger partial charge on any atom is -0.396 e. The summed E-state index contributed by atoms with van der Waals surface area (Å²) in [5.74, 6) is 1.47. The first-order chi connectivity index (χ1) is 8.31. The normalized spacial score (nSPS) is 16.4. The molecule has 0 spiro atoms. The van der Waals surface area contributed by atoms with Crippen molar-refractivity contribution in [2.24, 2.45) is 5.92 Å². The first kappa shape index (κ1) is 12.3. The van der Waals surface area contributed by atoms with Crippen molar-refractivity contribution in [2.75, 3.05) is 18.5 Å². The van der Waals surface area contributed by atoms with Gasteiger partial charge < -0.3 is 10.4 Å². The molecule has 0 aliphatic heterocycles. The van der Waals surface area contributed by atoms with E-state index in [0.29, 0.717) is 5.92 Å². The van der Waals surface area contributed by atoms with Gasteiger partial charge in [-0.2, -0.15) is 0 Å². The molecule has 1 atom stereocenters. The van der Waals surface area contributed by atoms with E-state index in [0.717, 1.165) is 31.6 Å². The SMILES string of the molecule is CC(CCO)CNc1ncnc2c1CCCC2. The van der Waals surface area contributed by atoms with Gasteiger partial charge in [0.2, 0.25) is 0 Å². The summed E-state index contributed by atoms with van der Waals surface area (Å²) >= 11 is 0. The standard InChI is InChI=1S/C13H21N3O/c1-10(6-7-17)8-14-13-11-4-2-3-5-12(11)15-9-16-13/h9-10,17H,2-8H2,1H3,(H,14,15,16). The van der Waals surface area contributed by atoms with Gasteiger partial charge in [-0.15, -0.1) is 0 Å². The summed E-state index contributed by atoms with van der Waals surface area (Å²) in [4.78, 5) is 8.69. The number of nitrogens with one attached hydrogen (secondary N) is 1. The third-order valence-electron chi connectivity index (χ3n) is 3.36. The monoisotopic (exact) mass is 235 g/mol. The predicted octanol–water partition coefficient (Wildman–Crippen LogP) is 1.79. The summed E-state index contributed by atoms with van der Waals surface area (Å²) in [7, 11) is 0. The van der Waals surface area contributed by atoms with Crippen LogP contribution in [0.5, 0.6) is 0 Å². The molecule has 0 saturated carbocycles. The van der Waals surface area contributed by atoms with Crippen LogP contribution in [0.4, 0.5) is 5.82 Å². The number of anilines is 1. The van der Waals surface area contributed by atoms with Crippen molar-refractivity contribution in [2.45, 2.75) is 39.0 Å². The van der Waals surface area contributed by atoms with Crippen LogP contribution < -0.4 is 5.32 Å². The lowest BCUT2D eigenvalue weighted by atomic mass is 9.96. The van der Waals surface area contributed by atoms with Gasteiger partial charge in [-0.3, -0.25) is 0 Å². The van der Waals surface area contributed by atoms with E-state index in [9.17, 15) is 0 Å². The lowest BCUT2D eigenvalue weighted by Gasteiger charge is -2.19. The van der Waals surface area contributed by atoms with Gasteiger partial charge in [0.1, 0.15) is 12.1 Å². The fraction of sp³-hybridized carbons (Fsp3) is 0.692. The highest BCUT2D eigenvalue weighted by molar-refractivity contribution is 5.46. The molecule has 0 amide bonds. The molecule has 1 heterocycles. The van der Waals surface area contributed by atoms with Gasteiger partial charge >= 0.3 is 0 Å². The van der Waals surface area contributed by atoms with Crippen LogP contribution in [0.1, 0.15) is 37.4 Å². The molecule has 0 bridgehead atoms. The molecular formula is C13H21N3O. The van der Waals surface area contributed by atoms with Gasteiger partial charge in [0.15, 0.2) is 0 Å². The molecular weight excluding hydrogens is 214 g/mol. The summed E-state index contributed by atoms with van der Waals surface area (Å²) in [6.45, 7) is 3.26. The molecule has 17 heavy (non-hydrogen) atoms. The van der Waals surface area contributed by atoms with Crippen LogP contribution in [0.3, 0.4) is 0 Å². The van der Waals surface area contributed by atoms with Crippen LogP contribution in [-0.4, -0.2) is 28.2 Å². The fourth-order valence-corrected chi connectivity index (χ4v) is 2.27. The second kappa shape index (κ2) is 5.96. The summed E-state index contributed by atoms with van der Waals surface area (Å²) < 4.78 is 0. The van der Waals surface area contributed by atoms with Gasteiger partial charge in [0.05, 0.1) is 0 Å². The summed E-state index contributed by atoms with van der Waals surface area (Å²) in [6.07, 6.45) is 7.14. The van der Waals surface area contributed by atoms with Gasteiger partial charge in [-0.05, 0) is 38.0 Å². The lowest BCUT2D eigenvalue weighted by molar-refractivity contribution is 0.266. The molecule has 2 rings (SSSR count). The Kier molecular flexibility index (Phi) is 4.31. The van der Waals surface area contributed by atoms with Crippen LogP contribution >= 0.6 is 0 Å². The Labute approximate surface area is 102 Å². The zero-order chi connectivity index (χ0) is 12.1. The summed E-state index contributed by atoms with van der Waals surface area (Å²) in [5.41, 5.74) is 2.51. The Morgan fingerprint density at radius 1 is 1.35 bits per heavy atom. The van der Waals surface area contributed by atoms with E-state index in [1.54, 1.807) is 6.33 Å². The molecule has 0 radical (unpaired) electrons. The molecule has 1 aliphatic carbocycles. The van der Waals surface area contributed by atoms with E-state index in [-0.39, 0.29) is 6.61 Å². The highest BCUT2D eigenvalue weighted by Gasteiger charge is 2.15. The topological polar surface area (TPSA) is 58.0 Å². The van der Waals surface area contributed by atoms with Gasteiger partial charge in [0.25, 0.3) is 0 Å². The smallest absolute Gasteiger partial charge is 0.132 e. The average Bonchev–Trinajstić information content (AvgIpc) is 2.36. The molecule has 2 N–H and O–H groups in total. The molecule has 94 valence electrons. The van der Waals surface area contributed by atoms with Crippen molar-refractivity contribution in [1.82, 2.24) is 9.97 Å². The zero-order valence-electron chi connectivity index (χ0n) is 10.4. The van der Waals surface area contributed by atoms with E-state index >= 15 is 0 Å². The molecule has 1 aromatic heterocycles. The molecule has 1 aromatic rings. The highest BCUT2D eigenvalue weighted by atomic mass is 16.3. The first-order valence-electron chi connectivity index (χ1n) is 6.48. The van der Waals surface area contributed by atoms with Gasteiger partial charge in [-0.25, -0.2) is 9.97 Å². The minimum absolute atomic E-state index is 0.255. The Balaban J connectivity index is 2.01. The maximum absolute atomic E-state index is 8.87. The summed E-state index contributed by atoms with van der Waals surface area (Å²) in [5, 5.41) is 12.3. The van der Waals surface area contributed by atoms with Crippen molar-refractivity contribution in [1.29, 1.82) is 0 Å². The first-order valence-corrected chi connectivity index (χ1v) is 6.48. The molecule has 1 unspecified atom stereocenters. The number of hydrogen-bond donors (Lipinski definition) is 2. The second-order valence-corrected chi connectivity index (χ2v) is 4.85. The van der Waals surface area contributed by atoms with E-state index in [1.807, 2.05) is 0 Å². The number of aryl methyl sites for hydroxylation is 1. The van der Waals surface area contributed by atoms with Crippen molar-refractivity contribution in [3.05, 3.63) is 17.6 Å². The van der Waals surface area contributed by atoms with Crippen molar-refractivity contribution in [3.63, 3.8) is 0 Å². The highest BCUT2D eigenvalue weighted by Crippen LogP contribution is 2.24. The Hall–Kier alpha value is -1.16. The third-order valence-corrected chi connectivity index (χ3v) is 3.36. The third kappa shape index (κ3) is 3.16. The molecule has 4 nitrogen and oxygen atoms in total. The largest absolute Gasteiger partial charge is 0.396 e. The van der Waals surface area contributed by atoms with Crippen molar-refractivity contribution in [3.8, 4) is 0 Å². The fourth-order valence-electron chi connectivity index (χ4n) is 2.27. The molecule has 0 saturated heterocycles. The number of fused-ring (bicyclic) bond motifs is 1. The van der Waals surface area contributed by atoms with Crippen molar-refractivity contribution >= 4 is 5.82 Å². The van der Waals surface area contributed by atoms with Gasteiger partial charge in [0, 0.05) is 24.4 Å². The maximum atomic E-state index is 8.87. The summed E-state index contributed by atoms with van der Waals surface area (Å²) in [6, 6.07) is 0. The van der Waals surface area contributed by atoms with E-state index in [2.05, 4.69) is 22.2 Å². The predicted molar refractivity (Wildman–Crippen MR) is 68.0 cm³/mol. The van der Waals surface area contributed by atoms with E-state index < -0.39 is 0 Å².